The number of rotatable bonds is 4. The second-order valence-electron chi connectivity index (χ2n) is 8.46. The number of aliphatic hydroxyl groups is 1. The van der Waals surface area contributed by atoms with E-state index >= 15 is 0 Å². The Kier molecular flexibility index (Phi) is 6.08. The van der Waals surface area contributed by atoms with Crippen LogP contribution in [0.1, 0.15) is 51.3 Å². The number of Topliss-reactive ketones (excluding diaryl/α,β-unsaturated/α-hetero) is 1. The molecule has 0 radical (unpaired) electrons. The minimum atomic E-state index is -4.59. The van der Waals surface area contributed by atoms with Gasteiger partial charge >= 0.3 is 6.18 Å². The quantitative estimate of drug-likeness (QED) is 0.551. The molecule has 1 aromatic heterocycles. The predicted molar refractivity (Wildman–Crippen MR) is 114 cm³/mol. The van der Waals surface area contributed by atoms with Crippen LogP contribution in [0.4, 0.5) is 13.2 Å². The van der Waals surface area contributed by atoms with E-state index in [9.17, 15) is 23.1 Å². The van der Waals surface area contributed by atoms with Crippen molar-refractivity contribution in [2.24, 2.45) is 0 Å². The van der Waals surface area contributed by atoms with Crippen molar-refractivity contribution >= 4 is 23.0 Å². The summed E-state index contributed by atoms with van der Waals surface area (Å²) in [6.07, 6.45) is -3.40. The molecule has 0 aliphatic carbocycles. The summed E-state index contributed by atoms with van der Waals surface area (Å²) in [4.78, 5) is 16.8. The molecule has 9 heteroatoms. The van der Waals surface area contributed by atoms with Crippen molar-refractivity contribution < 1.29 is 32.5 Å². The van der Waals surface area contributed by atoms with Gasteiger partial charge in [0.25, 0.3) is 0 Å². The van der Waals surface area contributed by atoms with Crippen LogP contribution < -0.4 is 4.74 Å². The number of aromatic nitrogens is 1. The number of alkyl halides is 3. The number of nitrogens with zero attached hydrogens (tertiary/aromatic N) is 1. The molecule has 32 heavy (non-hydrogen) atoms. The number of halogens is 4. The molecule has 1 aliphatic heterocycles. The van der Waals surface area contributed by atoms with Crippen molar-refractivity contribution in [2.75, 3.05) is 0 Å². The molecule has 3 rings (SSSR count). The van der Waals surface area contributed by atoms with Crippen LogP contribution in [0.25, 0.3) is 5.57 Å². The maximum absolute atomic E-state index is 13.1. The fourth-order valence-corrected chi connectivity index (χ4v) is 3.82. The minimum absolute atomic E-state index is 0.111. The van der Waals surface area contributed by atoms with Gasteiger partial charge in [-0.2, -0.15) is 13.2 Å². The fourth-order valence-electron chi connectivity index (χ4n) is 3.62. The molecule has 172 valence electrons. The molecule has 0 fully saturated rings. The maximum atomic E-state index is 13.1. The number of hydrogen-bond donors (Lipinski definition) is 1. The lowest BCUT2D eigenvalue weighted by Gasteiger charge is -2.40. The number of ketones is 1. The van der Waals surface area contributed by atoms with Gasteiger partial charge in [-0.3, -0.25) is 4.79 Å². The average molecular weight is 470 g/mol. The summed E-state index contributed by atoms with van der Waals surface area (Å²) in [5.41, 5.74) is -1.95. The lowest BCUT2D eigenvalue weighted by Crippen LogP contribution is -2.49. The van der Waals surface area contributed by atoms with Gasteiger partial charge in [0.2, 0.25) is 5.88 Å². The van der Waals surface area contributed by atoms with E-state index < -0.39 is 28.7 Å². The van der Waals surface area contributed by atoms with Gasteiger partial charge in [0.05, 0.1) is 11.1 Å². The summed E-state index contributed by atoms with van der Waals surface area (Å²) in [7, 11) is 0. The third-order valence-corrected chi connectivity index (χ3v) is 5.44. The molecule has 0 spiro atoms. The molecule has 2 heterocycles. The van der Waals surface area contributed by atoms with Gasteiger partial charge in [0.1, 0.15) is 27.7 Å². The van der Waals surface area contributed by atoms with Gasteiger partial charge in [-0.25, -0.2) is 4.98 Å². The normalized spacial score (nSPS) is 18.1. The first kappa shape index (κ1) is 24.1. The number of ether oxygens (including phenoxy) is 2. The van der Waals surface area contributed by atoms with Crippen LogP contribution in [-0.2, 0) is 22.1 Å². The summed E-state index contributed by atoms with van der Waals surface area (Å²) < 4.78 is 50.0. The largest absolute Gasteiger partial charge is 0.508 e. The van der Waals surface area contributed by atoms with Crippen LogP contribution in [0.3, 0.4) is 0 Å². The highest BCUT2D eigenvalue weighted by Crippen LogP contribution is 2.42. The first-order valence-electron chi connectivity index (χ1n) is 9.90. The summed E-state index contributed by atoms with van der Waals surface area (Å²) in [6.45, 7) is 8.47. The van der Waals surface area contributed by atoms with Crippen LogP contribution in [0.5, 0.6) is 11.6 Å². The van der Waals surface area contributed by atoms with Gasteiger partial charge in [-0.15, -0.1) is 0 Å². The van der Waals surface area contributed by atoms with E-state index in [4.69, 9.17) is 21.1 Å². The van der Waals surface area contributed by atoms with Gasteiger partial charge in [0, 0.05) is 6.20 Å². The number of pyridine rings is 1. The van der Waals surface area contributed by atoms with Crippen molar-refractivity contribution in [1.29, 1.82) is 0 Å². The van der Waals surface area contributed by atoms with Crippen molar-refractivity contribution in [2.45, 2.75) is 58.4 Å². The van der Waals surface area contributed by atoms with Crippen molar-refractivity contribution in [3.8, 4) is 11.6 Å². The number of benzene rings is 1. The van der Waals surface area contributed by atoms with E-state index in [0.29, 0.717) is 18.2 Å². The van der Waals surface area contributed by atoms with Crippen LogP contribution in [0.2, 0.25) is 5.02 Å². The Bertz CT molecular complexity index is 1110. The Morgan fingerprint density at radius 2 is 1.81 bits per heavy atom. The van der Waals surface area contributed by atoms with Gasteiger partial charge in [-0.05, 0) is 63.4 Å². The number of carbonyl (C=O) groups excluding carboxylic acids is 1. The average Bonchev–Trinajstić information content (AvgIpc) is 2.67. The lowest BCUT2D eigenvalue weighted by atomic mass is 9.81. The number of carbonyl (C=O) groups is 1. The summed E-state index contributed by atoms with van der Waals surface area (Å²) in [6, 6.07) is 5.57. The highest BCUT2D eigenvalue weighted by Gasteiger charge is 2.47. The molecular weight excluding hydrogens is 447 g/mol. The van der Waals surface area contributed by atoms with Gasteiger partial charge in [-0.1, -0.05) is 24.6 Å². The molecule has 0 saturated heterocycles. The highest BCUT2D eigenvalue weighted by molar-refractivity contribution is 6.32. The van der Waals surface area contributed by atoms with E-state index in [1.807, 2.05) is 6.92 Å². The first-order valence-corrected chi connectivity index (χ1v) is 10.3. The molecule has 0 amide bonds. The van der Waals surface area contributed by atoms with Crippen molar-refractivity contribution in [1.82, 2.24) is 4.98 Å². The van der Waals surface area contributed by atoms with Gasteiger partial charge in [0.15, 0.2) is 5.78 Å². The smallest absolute Gasteiger partial charge is 0.417 e. The highest BCUT2D eigenvalue weighted by atomic mass is 35.5. The second-order valence-corrected chi connectivity index (χ2v) is 8.87. The molecule has 2 aromatic rings. The Hall–Kier alpha value is -2.58. The number of aryl methyl sites for hydroxylation is 1. The predicted octanol–water partition coefficient (Wildman–Crippen LogP) is 6.53. The summed E-state index contributed by atoms with van der Waals surface area (Å²) in [5, 5.41) is 10.5. The second kappa shape index (κ2) is 8.08. The molecule has 1 N–H and O–H groups in total. The van der Waals surface area contributed by atoms with Crippen LogP contribution in [0.15, 0.2) is 36.2 Å². The Morgan fingerprint density at radius 3 is 2.38 bits per heavy atom. The molecule has 0 bridgehead atoms. The van der Waals surface area contributed by atoms with Crippen LogP contribution >= 0.6 is 11.6 Å². The van der Waals surface area contributed by atoms with Crippen molar-refractivity contribution in [3.63, 3.8) is 0 Å². The Morgan fingerprint density at radius 1 is 1.16 bits per heavy atom. The number of hydrogen-bond acceptors (Lipinski definition) is 5. The molecule has 1 aliphatic rings. The zero-order chi connectivity index (χ0) is 24.1. The van der Waals surface area contributed by atoms with E-state index in [-0.39, 0.29) is 28.0 Å². The topological polar surface area (TPSA) is 68.7 Å². The molecule has 5 nitrogen and oxygen atoms in total. The Labute approximate surface area is 188 Å². The molecule has 0 atom stereocenters. The van der Waals surface area contributed by atoms with E-state index in [1.165, 1.54) is 6.07 Å². The molecule has 1 aromatic carbocycles. The van der Waals surface area contributed by atoms with E-state index in [0.717, 1.165) is 11.6 Å². The lowest BCUT2D eigenvalue weighted by molar-refractivity contribution is -0.158. The standard InChI is InChI=1S/C23H23ClF3NO4/c1-6-12-7-8-14(31-20-16(24)9-13(11-28-20)23(25,26)27)10-15(12)17-18(29)21(2,3)32-22(4,5)19(17)30/h7-11,29H,6H2,1-5H3. The SMILES string of the molecule is CCc1ccc(Oc2ncc(C(F)(F)F)cc2Cl)cc1C1=C(O)C(C)(C)OC(C)(C)C1=O. The minimum Gasteiger partial charge on any atom is -0.508 e. The zero-order valence-corrected chi connectivity index (χ0v) is 19.0. The number of aliphatic hydroxyl groups excluding tert-OH is 1. The monoisotopic (exact) mass is 469 g/mol. The van der Waals surface area contributed by atoms with E-state index in [2.05, 4.69) is 4.98 Å². The molecule has 0 unspecified atom stereocenters. The van der Waals surface area contributed by atoms with Crippen LogP contribution in [-0.4, -0.2) is 27.1 Å². The molecular formula is C23H23ClF3NO4. The summed E-state index contributed by atoms with van der Waals surface area (Å²) >= 11 is 5.95. The summed E-state index contributed by atoms with van der Waals surface area (Å²) in [5.74, 6) is -0.625. The van der Waals surface area contributed by atoms with Crippen molar-refractivity contribution in [3.05, 3.63) is 57.9 Å². The van der Waals surface area contributed by atoms with E-state index in [1.54, 1.807) is 39.8 Å². The zero-order valence-electron chi connectivity index (χ0n) is 18.2. The third kappa shape index (κ3) is 4.47. The van der Waals surface area contributed by atoms with Crippen LogP contribution in [0, 0.1) is 0 Å². The molecule has 0 saturated carbocycles. The van der Waals surface area contributed by atoms with Gasteiger partial charge < -0.3 is 14.6 Å². The fraction of sp³-hybridized carbons (Fsp3) is 0.391. The first-order chi connectivity index (χ1) is 14.7. The Balaban J connectivity index is 2.08. The maximum Gasteiger partial charge on any atom is 0.417 e. The third-order valence-electron chi connectivity index (χ3n) is 5.17.